The smallest absolute Gasteiger partial charge is 0.243 e. The summed E-state index contributed by atoms with van der Waals surface area (Å²) in [5, 5.41) is 3.55. The lowest BCUT2D eigenvalue weighted by molar-refractivity contribution is -0.139. The van der Waals surface area contributed by atoms with Crippen molar-refractivity contribution in [3.05, 3.63) is 101 Å². The molecular formula is C28H31ClN2O3S. The number of amides is 2. The van der Waals surface area contributed by atoms with Crippen LogP contribution >= 0.6 is 23.4 Å². The van der Waals surface area contributed by atoms with Gasteiger partial charge in [-0.1, -0.05) is 66.2 Å². The van der Waals surface area contributed by atoms with Crippen LogP contribution in [0.15, 0.2) is 78.9 Å². The zero-order chi connectivity index (χ0) is 25.0. The molecule has 0 bridgehead atoms. The van der Waals surface area contributed by atoms with Crippen molar-refractivity contribution in [1.29, 1.82) is 0 Å². The van der Waals surface area contributed by atoms with Crippen LogP contribution in [0.1, 0.15) is 23.6 Å². The summed E-state index contributed by atoms with van der Waals surface area (Å²) in [7, 11) is 1.64. The highest BCUT2D eigenvalue weighted by atomic mass is 35.5. The number of benzene rings is 3. The number of likely N-dealkylation sites (N-methyl/N-ethyl adjacent to an activating group) is 1. The lowest BCUT2D eigenvalue weighted by atomic mass is 10.0. The second kappa shape index (κ2) is 13.8. The molecule has 0 saturated carbocycles. The van der Waals surface area contributed by atoms with Crippen molar-refractivity contribution < 1.29 is 14.3 Å². The van der Waals surface area contributed by atoms with Crippen molar-refractivity contribution in [2.75, 3.05) is 19.4 Å². The average Bonchev–Trinajstić information content (AvgIpc) is 2.88. The van der Waals surface area contributed by atoms with E-state index >= 15 is 0 Å². The van der Waals surface area contributed by atoms with Crippen LogP contribution in [0.25, 0.3) is 0 Å². The fourth-order valence-electron chi connectivity index (χ4n) is 3.69. The molecule has 3 aromatic carbocycles. The Labute approximate surface area is 216 Å². The van der Waals surface area contributed by atoms with E-state index in [9.17, 15) is 9.59 Å². The molecule has 7 heteroatoms. The third-order valence-corrected chi connectivity index (χ3v) is 6.78. The summed E-state index contributed by atoms with van der Waals surface area (Å²) in [6, 6.07) is 24.4. The van der Waals surface area contributed by atoms with Gasteiger partial charge in [-0.05, 0) is 47.9 Å². The van der Waals surface area contributed by atoms with E-state index in [1.165, 1.54) is 11.8 Å². The molecule has 3 aromatic rings. The van der Waals surface area contributed by atoms with Gasteiger partial charge in [0.05, 0.1) is 12.9 Å². The quantitative estimate of drug-likeness (QED) is 0.356. The predicted molar refractivity (Wildman–Crippen MR) is 144 cm³/mol. The zero-order valence-corrected chi connectivity index (χ0v) is 21.6. The Morgan fingerprint density at radius 1 is 0.943 bits per heavy atom. The Morgan fingerprint density at radius 2 is 1.60 bits per heavy atom. The first-order valence-corrected chi connectivity index (χ1v) is 13.1. The van der Waals surface area contributed by atoms with Crippen LogP contribution in [0.3, 0.4) is 0 Å². The molecule has 1 N–H and O–H groups in total. The first kappa shape index (κ1) is 26.6. The Hall–Kier alpha value is -2.96. The Balaban J connectivity index is 1.79. The summed E-state index contributed by atoms with van der Waals surface area (Å²) in [5.74, 6) is 1.53. The normalized spacial score (nSPS) is 11.5. The van der Waals surface area contributed by atoms with Crippen molar-refractivity contribution in [3.63, 3.8) is 0 Å². The standard InChI is InChI=1S/C28H31ClN2O3S/c1-3-30-28(33)26(17-21-7-5-4-6-8-21)31(18-22-9-13-24(29)14-10-22)27(32)20-35-19-23-11-15-25(34-2)16-12-23/h4-16,26H,3,17-20H2,1-2H3,(H,30,33)/t26-/m0/s1. The summed E-state index contributed by atoms with van der Waals surface area (Å²) < 4.78 is 5.21. The Bertz CT molecular complexity index is 1080. The van der Waals surface area contributed by atoms with Crippen molar-refractivity contribution in [3.8, 4) is 5.75 Å². The first-order valence-electron chi connectivity index (χ1n) is 11.6. The minimum atomic E-state index is -0.623. The summed E-state index contributed by atoms with van der Waals surface area (Å²) in [5.41, 5.74) is 3.03. The van der Waals surface area contributed by atoms with Crippen LogP contribution in [-0.2, 0) is 28.3 Å². The predicted octanol–water partition coefficient (Wildman–Crippen LogP) is 5.36. The van der Waals surface area contributed by atoms with Gasteiger partial charge in [-0.2, -0.15) is 0 Å². The number of thioether (sulfide) groups is 1. The van der Waals surface area contributed by atoms with Gasteiger partial charge >= 0.3 is 0 Å². The van der Waals surface area contributed by atoms with Crippen LogP contribution < -0.4 is 10.1 Å². The summed E-state index contributed by atoms with van der Waals surface area (Å²) in [6.07, 6.45) is 0.440. The van der Waals surface area contributed by atoms with E-state index in [0.717, 1.165) is 22.4 Å². The highest BCUT2D eigenvalue weighted by Crippen LogP contribution is 2.20. The molecular weight excluding hydrogens is 480 g/mol. The summed E-state index contributed by atoms with van der Waals surface area (Å²) >= 11 is 7.60. The first-order chi connectivity index (χ1) is 17.0. The van der Waals surface area contributed by atoms with Crippen LogP contribution in [0.5, 0.6) is 5.75 Å². The van der Waals surface area contributed by atoms with Gasteiger partial charge in [0.2, 0.25) is 11.8 Å². The van der Waals surface area contributed by atoms with Gasteiger partial charge in [-0.15, -0.1) is 11.8 Å². The lowest BCUT2D eigenvalue weighted by Gasteiger charge is -2.31. The van der Waals surface area contributed by atoms with Crippen LogP contribution in [0.4, 0.5) is 0 Å². The summed E-state index contributed by atoms with van der Waals surface area (Å²) in [6.45, 7) is 2.71. The fourth-order valence-corrected chi connectivity index (χ4v) is 4.69. The average molecular weight is 511 g/mol. The van der Waals surface area contributed by atoms with E-state index in [1.807, 2.05) is 73.7 Å². The third kappa shape index (κ3) is 8.34. The largest absolute Gasteiger partial charge is 0.497 e. The SMILES string of the molecule is CCNC(=O)[C@H](Cc1ccccc1)N(Cc1ccc(Cl)cc1)C(=O)CSCc1ccc(OC)cc1. The number of methoxy groups -OCH3 is 1. The van der Waals surface area contributed by atoms with Crippen LogP contribution in [-0.4, -0.2) is 42.2 Å². The van der Waals surface area contributed by atoms with Gasteiger partial charge < -0.3 is 15.0 Å². The molecule has 0 aliphatic carbocycles. The molecule has 1 atom stereocenters. The van der Waals surface area contributed by atoms with Gasteiger partial charge in [0.1, 0.15) is 11.8 Å². The number of hydrogen-bond donors (Lipinski definition) is 1. The minimum absolute atomic E-state index is 0.0781. The van der Waals surface area contributed by atoms with Gasteiger partial charge in [-0.3, -0.25) is 9.59 Å². The molecule has 0 aliphatic heterocycles. The van der Waals surface area contributed by atoms with Gasteiger partial charge in [0.15, 0.2) is 0 Å². The minimum Gasteiger partial charge on any atom is -0.497 e. The topological polar surface area (TPSA) is 58.6 Å². The maximum Gasteiger partial charge on any atom is 0.243 e. The number of hydrogen-bond acceptors (Lipinski definition) is 4. The van der Waals surface area contributed by atoms with Crippen molar-refractivity contribution in [2.24, 2.45) is 0 Å². The summed E-state index contributed by atoms with van der Waals surface area (Å²) in [4.78, 5) is 28.4. The number of nitrogens with zero attached hydrogens (tertiary/aromatic N) is 1. The van der Waals surface area contributed by atoms with Crippen LogP contribution in [0.2, 0.25) is 5.02 Å². The maximum absolute atomic E-state index is 13.5. The van der Waals surface area contributed by atoms with Gasteiger partial charge in [0, 0.05) is 30.3 Å². The number of carbonyl (C=O) groups is 2. The Kier molecular flexibility index (Phi) is 10.5. The molecule has 0 spiro atoms. The molecule has 5 nitrogen and oxygen atoms in total. The molecule has 35 heavy (non-hydrogen) atoms. The molecule has 2 amide bonds. The monoisotopic (exact) mass is 510 g/mol. The van der Waals surface area contributed by atoms with Gasteiger partial charge in [-0.25, -0.2) is 0 Å². The third-order valence-electron chi connectivity index (χ3n) is 5.54. The molecule has 0 saturated heterocycles. The zero-order valence-electron chi connectivity index (χ0n) is 20.1. The maximum atomic E-state index is 13.5. The number of carbonyl (C=O) groups excluding carboxylic acids is 2. The number of rotatable bonds is 12. The van der Waals surface area contributed by atoms with E-state index in [-0.39, 0.29) is 17.6 Å². The molecule has 0 fully saturated rings. The van der Waals surface area contributed by atoms with Crippen LogP contribution in [0, 0.1) is 0 Å². The fraction of sp³-hybridized carbons (Fsp3) is 0.286. The number of ether oxygens (including phenoxy) is 1. The van der Waals surface area contributed by atoms with Gasteiger partial charge in [0.25, 0.3) is 0 Å². The van der Waals surface area contributed by atoms with Crippen molar-refractivity contribution in [1.82, 2.24) is 10.2 Å². The molecule has 0 heterocycles. The molecule has 0 aliphatic rings. The highest BCUT2D eigenvalue weighted by molar-refractivity contribution is 7.99. The van der Waals surface area contributed by atoms with E-state index in [2.05, 4.69) is 5.32 Å². The van der Waals surface area contributed by atoms with Crippen molar-refractivity contribution in [2.45, 2.75) is 31.7 Å². The second-order valence-corrected chi connectivity index (χ2v) is 9.51. The molecule has 0 radical (unpaired) electrons. The van der Waals surface area contributed by atoms with E-state index in [4.69, 9.17) is 16.3 Å². The molecule has 184 valence electrons. The number of nitrogens with one attached hydrogen (secondary N) is 1. The number of halogens is 1. The van der Waals surface area contributed by atoms with E-state index in [0.29, 0.717) is 30.3 Å². The second-order valence-electron chi connectivity index (χ2n) is 8.09. The highest BCUT2D eigenvalue weighted by Gasteiger charge is 2.30. The molecule has 3 rings (SSSR count). The Morgan fingerprint density at radius 3 is 2.23 bits per heavy atom. The van der Waals surface area contributed by atoms with E-state index < -0.39 is 6.04 Å². The molecule has 0 unspecified atom stereocenters. The van der Waals surface area contributed by atoms with Crippen molar-refractivity contribution >= 4 is 35.2 Å². The molecule has 0 aromatic heterocycles. The lowest BCUT2D eigenvalue weighted by Crippen LogP contribution is -2.51. The van der Waals surface area contributed by atoms with E-state index in [1.54, 1.807) is 24.1 Å².